The molecular weight excluding hydrogens is 366 g/mol. The number of hydrogen-bond donors (Lipinski definition) is 1. The second-order valence-electron chi connectivity index (χ2n) is 6.59. The Morgan fingerprint density at radius 2 is 2.30 bits per heavy atom. The zero-order chi connectivity index (χ0) is 18.8. The van der Waals surface area contributed by atoms with Gasteiger partial charge in [-0.1, -0.05) is 17.4 Å². The highest BCUT2D eigenvalue weighted by atomic mass is 32.1. The largest absolute Gasteiger partial charge is 0.497 e. The van der Waals surface area contributed by atoms with Crippen LogP contribution in [0.1, 0.15) is 33.8 Å². The summed E-state index contributed by atoms with van der Waals surface area (Å²) in [6.07, 6.45) is 1.96. The molecule has 2 amide bonds. The van der Waals surface area contributed by atoms with Gasteiger partial charge in [-0.3, -0.25) is 14.9 Å². The summed E-state index contributed by atoms with van der Waals surface area (Å²) in [7, 11) is 1.58. The molecule has 0 spiro atoms. The van der Waals surface area contributed by atoms with E-state index in [-0.39, 0.29) is 17.9 Å². The Bertz CT molecular complexity index is 860. The molecule has 1 aromatic heterocycles. The highest BCUT2D eigenvalue weighted by Gasteiger charge is 2.28. The molecule has 2 aliphatic rings. The third-order valence-corrected chi connectivity index (χ3v) is 5.79. The van der Waals surface area contributed by atoms with Crippen molar-refractivity contribution in [2.24, 2.45) is 0 Å². The van der Waals surface area contributed by atoms with E-state index in [0.717, 1.165) is 23.4 Å². The van der Waals surface area contributed by atoms with Gasteiger partial charge < -0.3 is 14.4 Å². The number of benzene rings is 1. The van der Waals surface area contributed by atoms with Gasteiger partial charge in [0, 0.05) is 30.0 Å². The number of methoxy groups -OCH3 is 1. The van der Waals surface area contributed by atoms with Crippen LogP contribution >= 0.6 is 11.3 Å². The van der Waals surface area contributed by atoms with Gasteiger partial charge in [-0.25, -0.2) is 4.98 Å². The Morgan fingerprint density at radius 1 is 1.41 bits per heavy atom. The molecule has 0 saturated carbocycles. The highest BCUT2D eigenvalue weighted by Crippen LogP contribution is 2.30. The number of nitrogens with one attached hydrogen (secondary N) is 1. The number of ether oxygens (including phenoxy) is 2. The van der Waals surface area contributed by atoms with Crippen LogP contribution in [0.5, 0.6) is 5.75 Å². The monoisotopic (exact) mass is 387 g/mol. The Kier molecular flexibility index (Phi) is 5.09. The fraction of sp³-hybridized carbons (Fsp3) is 0.421. The molecule has 0 aliphatic carbocycles. The van der Waals surface area contributed by atoms with Gasteiger partial charge in [0.1, 0.15) is 11.9 Å². The van der Waals surface area contributed by atoms with Crippen LogP contribution in [0.2, 0.25) is 0 Å². The predicted octanol–water partition coefficient (Wildman–Crippen LogP) is 2.47. The molecule has 7 nitrogen and oxygen atoms in total. The maximum atomic E-state index is 12.8. The average molecular weight is 387 g/mol. The van der Waals surface area contributed by atoms with Gasteiger partial charge in [0.2, 0.25) is 0 Å². The Balaban J connectivity index is 1.44. The van der Waals surface area contributed by atoms with Crippen LogP contribution in [0.15, 0.2) is 24.3 Å². The van der Waals surface area contributed by atoms with Crippen LogP contribution in [-0.4, -0.2) is 48.1 Å². The number of hydrogen-bond acceptors (Lipinski definition) is 6. The molecule has 1 saturated heterocycles. The van der Waals surface area contributed by atoms with E-state index >= 15 is 0 Å². The quantitative estimate of drug-likeness (QED) is 0.872. The molecule has 0 radical (unpaired) electrons. The minimum atomic E-state index is -0.378. The Labute approximate surface area is 161 Å². The van der Waals surface area contributed by atoms with Crippen molar-refractivity contribution in [3.63, 3.8) is 0 Å². The Hall–Kier alpha value is -2.45. The summed E-state index contributed by atoms with van der Waals surface area (Å²) in [5, 5.41) is 3.44. The molecule has 4 rings (SSSR count). The molecule has 8 heteroatoms. The van der Waals surface area contributed by atoms with E-state index in [2.05, 4.69) is 10.3 Å². The van der Waals surface area contributed by atoms with E-state index < -0.39 is 0 Å². The molecule has 27 heavy (non-hydrogen) atoms. The average Bonchev–Trinajstić information content (AvgIpc) is 3.36. The zero-order valence-corrected chi connectivity index (χ0v) is 15.9. The molecule has 3 heterocycles. The molecule has 142 valence electrons. The fourth-order valence-corrected chi connectivity index (χ4v) is 4.36. The number of rotatable bonds is 4. The molecule has 1 aromatic carbocycles. The van der Waals surface area contributed by atoms with Crippen molar-refractivity contribution in [1.29, 1.82) is 0 Å². The van der Waals surface area contributed by atoms with Crippen LogP contribution < -0.4 is 10.1 Å². The van der Waals surface area contributed by atoms with E-state index in [1.807, 2.05) is 12.1 Å². The van der Waals surface area contributed by atoms with Gasteiger partial charge >= 0.3 is 0 Å². The Morgan fingerprint density at radius 3 is 3.07 bits per heavy atom. The maximum absolute atomic E-state index is 12.8. The number of fused-ring (bicyclic) bond motifs is 1. The first-order valence-electron chi connectivity index (χ1n) is 8.98. The van der Waals surface area contributed by atoms with Gasteiger partial charge in [-0.05, 0) is 31.0 Å². The molecule has 2 aromatic rings. The third-order valence-electron chi connectivity index (χ3n) is 4.79. The summed E-state index contributed by atoms with van der Waals surface area (Å²) in [5.41, 5.74) is 1.56. The minimum Gasteiger partial charge on any atom is -0.497 e. The molecule has 1 fully saturated rings. The topological polar surface area (TPSA) is 80.8 Å². The SMILES string of the molecule is COc1cccc(C(=O)N2CCc3nc(NC(=O)C4CCCO4)sc3C2)c1. The summed E-state index contributed by atoms with van der Waals surface area (Å²) in [4.78, 5) is 32.4. The molecule has 0 bridgehead atoms. The lowest BCUT2D eigenvalue weighted by Gasteiger charge is -2.26. The zero-order valence-electron chi connectivity index (χ0n) is 15.1. The summed E-state index contributed by atoms with van der Waals surface area (Å²) in [6.45, 7) is 1.73. The van der Waals surface area contributed by atoms with Crippen LogP contribution in [-0.2, 0) is 22.5 Å². The van der Waals surface area contributed by atoms with Gasteiger partial charge in [0.15, 0.2) is 5.13 Å². The minimum absolute atomic E-state index is 0.0297. The van der Waals surface area contributed by atoms with Gasteiger partial charge in [-0.2, -0.15) is 0 Å². The summed E-state index contributed by atoms with van der Waals surface area (Å²) in [6, 6.07) is 7.17. The number of carbonyl (C=O) groups excluding carboxylic acids is 2. The normalized spacial score (nSPS) is 18.9. The summed E-state index contributed by atoms with van der Waals surface area (Å²) < 4.78 is 10.6. The van der Waals surface area contributed by atoms with Gasteiger partial charge in [0.05, 0.1) is 19.3 Å². The lowest BCUT2D eigenvalue weighted by molar-refractivity contribution is -0.124. The van der Waals surface area contributed by atoms with Crippen LogP contribution in [0.3, 0.4) is 0 Å². The lowest BCUT2D eigenvalue weighted by atomic mass is 10.1. The number of anilines is 1. The number of amides is 2. The molecular formula is C19H21N3O4S. The second kappa shape index (κ2) is 7.66. The van der Waals surface area contributed by atoms with Crippen molar-refractivity contribution in [2.45, 2.75) is 31.9 Å². The molecule has 2 aliphatic heterocycles. The van der Waals surface area contributed by atoms with Crippen molar-refractivity contribution in [3.05, 3.63) is 40.4 Å². The van der Waals surface area contributed by atoms with E-state index in [0.29, 0.717) is 42.6 Å². The second-order valence-corrected chi connectivity index (χ2v) is 7.67. The van der Waals surface area contributed by atoms with Crippen LogP contribution in [0.25, 0.3) is 0 Å². The first-order valence-corrected chi connectivity index (χ1v) is 9.80. The van der Waals surface area contributed by atoms with E-state index in [4.69, 9.17) is 9.47 Å². The summed E-state index contributed by atoms with van der Waals surface area (Å²) >= 11 is 1.43. The molecule has 1 N–H and O–H groups in total. The van der Waals surface area contributed by atoms with Crippen molar-refractivity contribution in [1.82, 2.24) is 9.88 Å². The standard InChI is InChI=1S/C19H21N3O4S/c1-25-13-5-2-4-12(10-13)18(24)22-8-7-14-16(11-22)27-19(20-14)21-17(23)15-6-3-9-26-15/h2,4-5,10,15H,3,6-9,11H2,1H3,(H,20,21,23). The van der Waals surface area contributed by atoms with Crippen LogP contribution in [0.4, 0.5) is 5.13 Å². The van der Waals surface area contributed by atoms with Crippen molar-refractivity contribution < 1.29 is 19.1 Å². The third kappa shape index (κ3) is 3.81. The number of nitrogens with zero attached hydrogens (tertiary/aromatic N) is 2. The first kappa shape index (κ1) is 17.9. The van der Waals surface area contributed by atoms with Gasteiger partial charge in [0.25, 0.3) is 11.8 Å². The fourth-order valence-electron chi connectivity index (χ4n) is 3.33. The number of aromatic nitrogens is 1. The van der Waals surface area contributed by atoms with Crippen molar-refractivity contribution in [2.75, 3.05) is 25.6 Å². The van der Waals surface area contributed by atoms with E-state index in [9.17, 15) is 9.59 Å². The number of carbonyl (C=O) groups is 2. The van der Waals surface area contributed by atoms with E-state index in [1.54, 1.807) is 24.1 Å². The number of thiazole rings is 1. The van der Waals surface area contributed by atoms with Crippen molar-refractivity contribution in [3.8, 4) is 5.75 Å². The smallest absolute Gasteiger partial charge is 0.255 e. The molecule has 1 unspecified atom stereocenters. The maximum Gasteiger partial charge on any atom is 0.255 e. The van der Waals surface area contributed by atoms with E-state index in [1.165, 1.54) is 11.3 Å². The highest BCUT2D eigenvalue weighted by molar-refractivity contribution is 7.15. The molecule has 1 atom stereocenters. The first-order chi connectivity index (χ1) is 13.1. The van der Waals surface area contributed by atoms with Crippen molar-refractivity contribution >= 4 is 28.3 Å². The van der Waals surface area contributed by atoms with Gasteiger partial charge in [-0.15, -0.1) is 0 Å². The van der Waals surface area contributed by atoms with Crippen LogP contribution in [0, 0.1) is 0 Å². The summed E-state index contributed by atoms with van der Waals surface area (Å²) in [5.74, 6) is 0.497. The predicted molar refractivity (Wildman–Crippen MR) is 101 cm³/mol. The lowest BCUT2D eigenvalue weighted by Crippen LogP contribution is -2.35.